The number of ether oxygens (including phenoxy) is 3. The van der Waals surface area contributed by atoms with Gasteiger partial charge in [-0.05, 0) is 60.5 Å². The number of nitrogens with one attached hydrogen (secondary N) is 1. The van der Waals surface area contributed by atoms with Gasteiger partial charge < -0.3 is 24.4 Å². The minimum atomic E-state index is -4.36. The van der Waals surface area contributed by atoms with E-state index in [0.29, 0.717) is 23.7 Å². The number of likely N-dealkylation sites (N-methyl/N-ethyl adjacent to an activating group) is 1. The monoisotopic (exact) mass is 585 g/mol. The van der Waals surface area contributed by atoms with Gasteiger partial charge in [0.1, 0.15) is 37.4 Å². The normalized spacial score (nSPS) is 13.2. The summed E-state index contributed by atoms with van der Waals surface area (Å²) >= 11 is 0. The fraction of sp³-hybridized carbons (Fsp3) is 0.310. The first-order chi connectivity index (χ1) is 19.7. The van der Waals surface area contributed by atoms with Crippen molar-refractivity contribution < 1.29 is 36.6 Å². The third kappa shape index (κ3) is 6.71. The Labute approximate surface area is 238 Å². The van der Waals surface area contributed by atoms with Gasteiger partial charge in [-0.2, -0.15) is 0 Å². The summed E-state index contributed by atoms with van der Waals surface area (Å²) in [5, 5.41) is 2.58. The van der Waals surface area contributed by atoms with E-state index in [4.69, 9.17) is 14.2 Å². The second-order valence-electron chi connectivity index (χ2n) is 9.21. The van der Waals surface area contributed by atoms with Crippen LogP contribution in [0.2, 0.25) is 0 Å². The number of sulfonamides is 1. The highest BCUT2D eigenvalue weighted by Gasteiger charge is 2.34. The van der Waals surface area contributed by atoms with Crippen molar-refractivity contribution in [2.75, 3.05) is 38.2 Å². The number of fused-ring (bicyclic) bond motifs is 1. The summed E-state index contributed by atoms with van der Waals surface area (Å²) in [6.45, 7) is 1.72. The minimum Gasteiger partial charge on any atom is -0.497 e. The molecule has 3 aromatic carbocycles. The standard InChI is InChI=1S/C29H32FN3O7S/c1-4-25(29(35)31-2)32(18-20-6-5-7-23(16-20)38-3)28(34)19-33(22-10-8-21(30)9-11-22)41(36,37)24-12-13-26-27(17-24)40-15-14-39-26/h5-13,16-17,25H,4,14-15,18-19H2,1-3H3,(H,31,35)/t25-/m0/s1. The zero-order valence-corrected chi connectivity index (χ0v) is 23.8. The summed E-state index contributed by atoms with van der Waals surface area (Å²) in [5.41, 5.74) is 0.757. The van der Waals surface area contributed by atoms with Crippen molar-refractivity contribution in [3.8, 4) is 17.2 Å². The zero-order valence-electron chi connectivity index (χ0n) is 23.0. The van der Waals surface area contributed by atoms with Crippen LogP contribution in [0.25, 0.3) is 0 Å². The van der Waals surface area contributed by atoms with E-state index in [-0.39, 0.29) is 35.9 Å². The highest BCUT2D eigenvalue weighted by atomic mass is 32.2. The molecule has 0 spiro atoms. The molecule has 0 unspecified atom stereocenters. The van der Waals surface area contributed by atoms with Crippen molar-refractivity contribution in [3.63, 3.8) is 0 Å². The SMILES string of the molecule is CC[C@@H](C(=O)NC)N(Cc1cccc(OC)c1)C(=O)CN(c1ccc(F)cc1)S(=O)(=O)c1ccc2c(c1)OCCO2. The fourth-order valence-electron chi connectivity index (χ4n) is 4.50. The van der Waals surface area contributed by atoms with E-state index in [1.54, 1.807) is 31.2 Å². The van der Waals surface area contributed by atoms with Gasteiger partial charge in [0.25, 0.3) is 10.0 Å². The number of hydrogen-bond acceptors (Lipinski definition) is 7. The molecule has 0 saturated carbocycles. The first-order valence-corrected chi connectivity index (χ1v) is 14.4. The first-order valence-electron chi connectivity index (χ1n) is 13.0. The van der Waals surface area contributed by atoms with Crippen LogP contribution in [0, 0.1) is 5.82 Å². The average molecular weight is 586 g/mol. The smallest absolute Gasteiger partial charge is 0.264 e. The van der Waals surface area contributed by atoms with Crippen molar-refractivity contribution in [1.29, 1.82) is 0 Å². The molecule has 4 rings (SSSR count). The molecule has 0 bridgehead atoms. The molecule has 0 aromatic heterocycles. The first kappa shape index (κ1) is 29.7. The van der Waals surface area contributed by atoms with Crippen molar-refractivity contribution in [1.82, 2.24) is 10.2 Å². The number of anilines is 1. The van der Waals surface area contributed by atoms with Crippen molar-refractivity contribution in [3.05, 3.63) is 78.1 Å². The summed E-state index contributed by atoms with van der Waals surface area (Å²) in [7, 11) is -1.38. The third-order valence-corrected chi connectivity index (χ3v) is 8.38. The number of benzene rings is 3. The Hall–Kier alpha value is -4.32. The predicted molar refractivity (Wildman–Crippen MR) is 150 cm³/mol. The maximum absolute atomic E-state index is 14.0. The average Bonchev–Trinajstić information content (AvgIpc) is 2.99. The van der Waals surface area contributed by atoms with Gasteiger partial charge in [-0.25, -0.2) is 12.8 Å². The number of methoxy groups -OCH3 is 1. The van der Waals surface area contributed by atoms with Gasteiger partial charge in [-0.15, -0.1) is 0 Å². The Morgan fingerprint density at radius 2 is 1.73 bits per heavy atom. The lowest BCUT2D eigenvalue weighted by atomic mass is 10.1. The number of nitrogens with zero attached hydrogens (tertiary/aromatic N) is 2. The Bertz CT molecular complexity index is 1500. The number of hydrogen-bond donors (Lipinski definition) is 1. The molecule has 41 heavy (non-hydrogen) atoms. The van der Waals surface area contributed by atoms with Crippen LogP contribution in [-0.2, 0) is 26.2 Å². The molecule has 1 atom stereocenters. The summed E-state index contributed by atoms with van der Waals surface area (Å²) in [6.07, 6.45) is 0.279. The largest absolute Gasteiger partial charge is 0.497 e. The Morgan fingerprint density at radius 1 is 1.02 bits per heavy atom. The molecule has 12 heteroatoms. The topological polar surface area (TPSA) is 114 Å². The van der Waals surface area contributed by atoms with Crippen LogP contribution >= 0.6 is 0 Å². The lowest BCUT2D eigenvalue weighted by molar-refractivity contribution is -0.140. The molecular weight excluding hydrogens is 553 g/mol. The van der Waals surface area contributed by atoms with Crippen LogP contribution in [0.5, 0.6) is 17.2 Å². The van der Waals surface area contributed by atoms with Crippen molar-refractivity contribution in [2.24, 2.45) is 0 Å². The van der Waals surface area contributed by atoms with Gasteiger partial charge in [0.2, 0.25) is 11.8 Å². The second kappa shape index (κ2) is 12.9. The van der Waals surface area contributed by atoms with E-state index in [1.807, 2.05) is 0 Å². The van der Waals surface area contributed by atoms with E-state index >= 15 is 0 Å². The summed E-state index contributed by atoms with van der Waals surface area (Å²) in [6, 6.07) is 15.1. The van der Waals surface area contributed by atoms with Gasteiger partial charge >= 0.3 is 0 Å². The molecule has 0 fully saturated rings. The van der Waals surface area contributed by atoms with Gasteiger partial charge in [0.05, 0.1) is 17.7 Å². The lowest BCUT2D eigenvalue weighted by Crippen LogP contribution is -2.51. The zero-order chi connectivity index (χ0) is 29.6. The van der Waals surface area contributed by atoms with E-state index < -0.39 is 40.2 Å². The van der Waals surface area contributed by atoms with Crippen molar-refractivity contribution >= 4 is 27.5 Å². The van der Waals surface area contributed by atoms with Crippen LogP contribution in [0.15, 0.2) is 71.6 Å². The van der Waals surface area contributed by atoms with Gasteiger partial charge in [-0.1, -0.05) is 19.1 Å². The van der Waals surface area contributed by atoms with Gasteiger partial charge in [-0.3, -0.25) is 13.9 Å². The molecular formula is C29H32FN3O7S. The molecule has 1 aliphatic rings. The Morgan fingerprint density at radius 3 is 2.39 bits per heavy atom. The van der Waals surface area contributed by atoms with Crippen molar-refractivity contribution in [2.45, 2.75) is 30.8 Å². The molecule has 0 radical (unpaired) electrons. The molecule has 1 N–H and O–H groups in total. The van der Waals surface area contributed by atoms with Gasteiger partial charge in [0.15, 0.2) is 11.5 Å². The van der Waals surface area contributed by atoms with Crippen LogP contribution in [-0.4, -0.2) is 65.1 Å². The third-order valence-electron chi connectivity index (χ3n) is 6.61. The molecule has 1 heterocycles. The molecule has 0 saturated heterocycles. The molecule has 2 amide bonds. The van der Waals surface area contributed by atoms with E-state index in [0.717, 1.165) is 16.4 Å². The molecule has 1 aliphatic heterocycles. The number of carbonyl (C=O) groups is 2. The fourth-order valence-corrected chi connectivity index (χ4v) is 5.93. The van der Waals surface area contributed by atoms with Crippen LogP contribution < -0.4 is 23.8 Å². The van der Waals surface area contributed by atoms with Gasteiger partial charge in [0, 0.05) is 19.7 Å². The van der Waals surface area contributed by atoms with Crippen LogP contribution in [0.1, 0.15) is 18.9 Å². The summed E-state index contributed by atoms with van der Waals surface area (Å²) < 4.78 is 59.1. The van der Waals surface area contributed by atoms with E-state index in [9.17, 15) is 22.4 Å². The Balaban J connectivity index is 1.74. The Kier molecular flexibility index (Phi) is 9.33. The van der Waals surface area contributed by atoms with E-state index in [2.05, 4.69) is 5.32 Å². The number of carbonyl (C=O) groups excluding carboxylic acids is 2. The predicted octanol–water partition coefficient (Wildman–Crippen LogP) is 3.35. The number of halogens is 1. The molecule has 3 aromatic rings. The molecule has 218 valence electrons. The van der Waals surface area contributed by atoms with Crippen LogP contribution in [0.3, 0.4) is 0 Å². The maximum atomic E-state index is 14.0. The second-order valence-corrected chi connectivity index (χ2v) is 11.1. The number of amides is 2. The summed E-state index contributed by atoms with van der Waals surface area (Å²) in [5.74, 6) is -0.368. The van der Waals surface area contributed by atoms with E-state index in [1.165, 1.54) is 49.4 Å². The summed E-state index contributed by atoms with van der Waals surface area (Å²) in [4.78, 5) is 28.0. The highest BCUT2D eigenvalue weighted by molar-refractivity contribution is 7.92. The molecule has 0 aliphatic carbocycles. The maximum Gasteiger partial charge on any atom is 0.264 e. The lowest BCUT2D eigenvalue weighted by Gasteiger charge is -2.33. The van der Waals surface area contributed by atoms with Crippen LogP contribution in [0.4, 0.5) is 10.1 Å². The molecule has 10 nitrogen and oxygen atoms in total. The highest BCUT2D eigenvalue weighted by Crippen LogP contribution is 2.34. The quantitative estimate of drug-likeness (QED) is 0.367. The minimum absolute atomic E-state index is 0.0172. The number of rotatable bonds is 11.